The topological polar surface area (TPSA) is 72.7 Å². The smallest absolute Gasteiger partial charge is 0.322 e. The highest BCUT2D eigenvalue weighted by atomic mass is 32.2. The van der Waals surface area contributed by atoms with E-state index in [0.717, 1.165) is 25.0 Å². The molecule has 1 N–H and O–H groups in total. The highest BCUT2D eigenvalue weighted by molar-refractivity contribution is 7.98. The number of aryl methyl sites for hydroxylation is 2. The zero-order chi connectivity index (χ0) is 19.6. The van der Waals surface area contributed by atoms with Crippen LogP contribution >= 0.6 is 11.8 Å². The number of aromatic amines is 1. The number of nitrogens with zero attached hydrogens (tertiary/aromatic N) is 3. The maximum atomic E-state index is 13.4. The monoisotopic (exact) mass is 394 g/mol. The van der Waals surface area contributed by atoms with Crippen LogP contribution in [-0.4, -0.2) is 19.1 Å². The molecule has 9 heteroatoms. The molecule has 0 unspecified atom stereocenters. The second-order valence-electron chi connectivity index (χ2n) is 6.07. The number of thioether (sulfide) groups is 1. The van der Waals surface area contributed by atoms with E-state index in [-0.39, 0.29) is 0 Å². The van der Waals surface area contributed by atoms with E-state index in [9.17, 15) is 18.4 Å². The van der Waals surface area contributed by atoms with Gasteiger partial charge >= 0.3 is 5.69 Å². The Balaban J connectivity index is 2.02. The first-order valence-corrected chi connectivity index (χ1v) is 9.74. The molecule has 144 valence electrons. The van der Waals surface area contributed by atoms with Crippen molar-refractivity contribution in [3.63, 3.8) is 0 Å². The lowest BCUT2D eigenvalue weighted by Crippen LogP contribution is -2.31. The third kappa shape index (κ3) is 3.83. The van der Waals surface area contributed by atoms with Gasteiger partial charge in [0.05, 0.1) is 5.75 Å². The van der Waals surface area contributed by atoms with Gasteiger partial charge in [-0.3, -0.25) is 14.3 Å². The number of imidazole rings is 1. The number of unbranched alkanes of at least 4 members (excludes halogenated alkanes) is 1. The molecule has 0 aliphatic carbocycles. The molecule has 2 aromatic heterocycles. The number of hydrogen-bond acceptors (Lipinski definition) is 4. The minimum atomic E-state index is -0.908. The van der Waals surface area contributed by atoms with E-state index < -0.39 is 22.9 Å². The van der Waals surface area contributed by atoms with E-state index in [4.69, 9.17) is 0 Å². The molecule has 0 saturated carbocycles. The second kappa shape index (κ2) is 8.08. The van der Waals surface area contributed by atoms with Gasteiger partial charge in [-0.05, 0) is 31.5 Å². The summed E-state index contributed by atoms with van der Waals surface area (Å²) in [5.74, 6) is -0.848. The van der Waals surface area contributed by atoms with Crippen molar-refractivity contribution in [2.75, 3.05) is 0 Å². The molecule has 3 aromatic rings. The van der Waals surface area contributed by atoms with Crippen LogP contribution in [0.2, 0.25) is 0 Å². The summed E-state index contributed by atoms with van der Waals surface area (Å²) in [5.41, 5.74) is -0.225. The average Bonchev–Trinajstić information content (AvgIpc) is 3.01. The number of H-pyrrole nitrogens is 1. The molecule has 3 rings (SSSR count). The molecule has 0 bridgehead atoms. The summed E-state index contributed by atoms with van der Waals surface area (Å²) in [4.78, 5) is 32.0. The Bertz CT molecular complexity index is 1090. The lowest BCUT2D eigenvalue weighted by molar-refractivity contribution is 0.506. The van der Waals surface area contributed by atoms with Crippen molar-refractivity contribution in [1.82, 2.24) is 19.1 Å². The molecule has 0 aliphatic heterocycles. The van der Waals surface area contributed by atoms with E-state index in [0.29, 0.717) is 40.7 Å². The van der Waals surface area contributed by atoms with E-state index >= 15 is 0 Å². The Morgan fingerprint density at radius 3 is 2.59 bits per heavy atom. The summed E-state index contributed by atoms with van der Waals surface area (Å²) in [6, 6.07) is 3.70. The molecular weight excluding hydrogens is 374 g/mol. The summed E-state index contributed by atoms with van der Waals surface area (Å²) in [5, 5.41) is 0. The zero-order valence-electron chi connectivity index (χ0n) is 15.1. The number of halogens is 2. The molecule has 0 aliphatic rings. The van der Waals surface area contributed by atoms with Crippen molar-refractivity contribution >= 4 is 22.9 Å². The third-order valence-corrected chi connectivity index (χ3v) is 5.26. The van der Waals surface area contributed by atoms with Gasteiger partial charge in [0.25, 0.3) is 5.56 Å². The highest BCUT2D eigenvalue weighted by Crippen LogP contribution is 2.25. The van der Waals surface area contributed by atoms with E-state index in [1.807, 2.05) is 13.8 Å². The van der Waals surface area contributed by atoms with Gasteiger partial charge in [-0.15, -0.1) is 11.8 Å². The minimum absolute atomic E-state index is 0.356. The number of hydrogen-bond donors (Lipinski definition) is 1. The van der Waals surface area contributed by atoms with Crippen LogP contribution in [0.15, 0.2) is 32.7 Å². The van der Waals surface area contributed by atoms with Crippen molar-refractivity contribution in [3.05, 3.63) is 56.5 Å². The largest absolute Gasteiger partial charge is 0.330 e. The fourth-order valence-corrected chi connectivity index (χ4v) is 3.77. The summed E-state index contributed by atoms with van der Waals surface area (Å²) < 4.78 is 29.7. The van der Waals surface area contributed by atoms with Crippen LogP contribution in [0, 0.1) is 11.6 Å². The standard InChI is InChI=1S/C18H20F2N4O2S/c1-3-5-8-24-16-15(17(25)22-18(24)26)23(4-2)14(21-16)10-27-11-6-7-12(19)13(20)9-11/h6-7,9H,3-5,8,10H2,1-2H3,(H,22,25,26). The number of aromatic nitrogens is 4. The first-order valence-electron chi connectivity index (χ1n) is 8.76. The van der Waals surface area contributed by atoms with E-state index in [2.05, 4.69) is 9.97 Å². The van der Waals surface area contributed by atoms with Gasteiger partial charge in [-0.2, -0.15) is 0 Å². The third-order valence-electron chi connectivity index (χ3n) is 4.28. The lowest BCUT2D eigenvalue weighted by atomic mass is 10.3. The van der Waals surface area contributed by atoms with Crippen molar-refractivity contribution in [2.45, 2.75) is 50.4 Å². The molecule has 0 spiro atoms. The maximum Gasteiger partial charge on any atom is 0.330 e. The van der Waals surface area contributed by atoms with Gasteiger partial charge in [-0.1, -0.05) is 13.3 Å². The fourth-order valence-electron chi connectivity index (χ4n) is 2.91. The van der Waals surface area contributed by atoms with Gasteiger partial charge in [0, 0.05) is 18.0 Å². The first kappa shape index (κ1) is 19.3. The van der Waals surface area contributed by atoms with E-state index in [1.165, 1.54) is 22.4 Å². The summed E-state index contributed by atoms with van der Waals surface area (Å²) >= 11 is 1.29. The Morgan fingerprint density at radius 2 is 1.93 bits per heavy atom. The minimum Gasteiger partial charge on any atom is -0.322 e. The van der Waals surface area contributed by atoms with Crippen LogP contribution in [0.25, 0.3) is 11.2 Å². The predicted octanol–water partition coefficient (Wildman–Crippen LogP) is 3.28. The van der Waals surface area contributed by atoms with Crippen molar-refractivity contribution in [1.29, 1.82) is 0 Å². The normalized spacial score (nSPS) is 11.4. The van der Waals surface area contributed by atoms with Gasteiger partial charge in [0.2, 0.25) is 0 Å². The van der Waals surface area contributed by atoms with Crippen molar-refractivity contribution < 1.29 is 8.78 Å². The predicted molar refractivity (Wildman–Crippen MR) is 101 cm³/mol. The Morgan fingerprint density at radius 1 is 1.15 bits per heavy atom. The maximum absolute atomic E-state index is 13.4. The molecule has 0 fully saturated rings. The molecule has 2 heterocycles. The van der Waals surface area contributed by atoms with Crippen molar-refractivity contribution in [3.8, 4) is 0 Å². The highest BCUT2D eigenvalue weighted by Gasteiger charge is 2.18. The van der Waals surface area contributed by atoms with Gasteiger partial charge in [-0.25, -0.2) is 18.6 Å². The van der Waals surface area contributed by atoms with Crippen molar-refractivity contribution in [2.24, 2.45) is 0 Å². The van der Waals surface area contributed by atoms with Crippen LogP contribution in [0.4, 0.5) is 8.78 Å². The summed E-state index contributed by atoms with van der Waals surface area (Å²) in [6.45, 7) is 4.87. The average molecular weight is 394 g/mol. The molecular formula is C18H20F2N4O2S. The lowest BCUT2D eigenvalue weighted by Gasteiger charge is -2.06. The molecule has 1 aromatic carbocycles. The van der Waals surface area contributed by atoms with Gasteiger partial charge in [0.1, 0.15) is 5.82 Å². The second-order valence-corrected chi connectivity index (χ2v) is 7.12. The molecule has 6 nitrogen and oxygen atoms in total. The Kier molecular flexibility index (Phi) is 5.79. The Hall–Kier alpha value is -2.42. The summed E-state index contributed by atoms with van der Waals surface area (Å²) in [6.07, 6.45) is 1.69. The first-order chi connectivity index (χ1) is 13.0. The van der Waals surface area contributed by atoms with Gasteiger partial charge in [0.15, 0.2) is 22.8 Å². The number of nitrogens with one attached hydrogen (secondary N) is 1. The van der Waals surface area contributed by atoms with Crippen LogP contribution in [0.3, 0.4) is 0 Å². The quantitative estimate of drug-likeness (QED) is 0.624. The van der Waals surface area contributed by atoms with Gasteiger partial charge < -0.3 is 4.57 Å². The molecule has 0 atom stereocenters. The molecule has 27 heavy (non-hydrogen) atoms. The Labute approximate surface area is 158 Å². The molecule has 0 amide bonds. The molecule has 0 radical (unpaired) electrons. The molecule has 0 saturated heterocycles. The number of benzene rings is 1. The van der Waals surface area contributed by atoms with E-state index in [1.54, 1.807) is 4.57 Å². The summed E-state index contributed by atoms with van der Waals surface area (Å²) in [7, 11) is 0. The zero-order valence-corrected chi connectivity index (χ0v) is 15.9. The van der Waals surface area contributed by atoms with Crippen LogP contribution in [-0.2, 0) is 18.8 Å². The SMILES string of the molecule is CCCCn1c(=O)[nH]c(=O)c2c1nc(CSc1ccc(F)c(F)c1)n2CC. The van der Waals surface area contributed by atoms with Crippen LogP contribution < -0.4 is 11.2 Å². The number of fused-ring (bicyclic) bond motifs is 1. The number of rotatable bonds is 7. The van der Waals surface area contributed by atoms with Crippen LogP contribution in [0.5, 0.6) is 0 Å². The van der Waals surface area contributed by atoms with Crippen LogP contribution in [0.1, 0.15) is 32.5 Å². The fraction of sp³-hybridized carbons (Fsp3) is 0.389.